The van der Waals surface area contributed by atoms with Crippen molar-refractivity contribution < 1.29 is 34.0 Å². The smallest absolute Gasteiger partial charge is 0.407 e. The van der Waals surface area contributed by atoms with E-state index in [2.05, 4.69) is 11.9 Å². The standard InChI is InChI=1S/C19H21NO7/c1-12(2)18(23)25-10-9-20-19(24)26-11-17(22)27-16-8-7-15(21)13-5-3-4-6-14(13)16/h3-8,17,21-22H,1,9-11H2,2H3,(H,20,24). The highest BCUT2D eigenvalue weighted by molar-refractivity contribution is 5.93. The van der Waals surface area contributed by atoms with E-state index < -0.39 is 25.0 Å². The highest BCUT2D eigenvalue weighted by Gasteiger charge is 2.13. The first-order valence-electron chi connectivity index (χ1n) is 8.17. The predicted molar refractivity (Wildman–Crippen MR) is 97.4 cm³/mol. The van der Waals surface area contributed by atoms with Gasteiger partial charge in [-0.05, 0) is 19.1 Å². The number of alkyl carbamates (subject to hydrolysis) is 1. The van der Waals surface area contributed by atoms with Crippen LogP contribution in [-0.4, -0.2) is 48.3 Å². The largest absolute Gasteiger partial charge is 0.507 e. The third-order valence-corrected chi connectivity index (χ3v) is 3.43. The Morgan fingerprint density at radius 2 is 1.85 bits per heavy atom. The molecule has 0 aliphatic rings. The van der Waals surface area contributed by atoms with Gasteiger partial charge >= 0.3 is 12.1 Å². The number of hydrogen-bond acceptors (Lipinski definition) is 7. The van der Waals surface area contributed by atoms with Crippen LogP contribution in [0.15, 0.2) is 48.6 Å². The SMILES string of the molecule is C=C(C)C(=O)OCCNC(=O)OCC(O)Oc1ccc(O)c2ccccc12. The van der Waals surface area contributed by atoms with Crippen molar-refractivity contribution in [3.63, 3.8) is 0 Å². The Labute approximate surface area is 156 Å². The fourth-order valence-electron chi connectivity index (χ4n) is 2.16. The molecule has 0 spiro atoms. The Morgan fingerprint density at radius 3 is 2.56 bits per heavy atom. The average molecular weight is 375 g/mol. The van der Waals surface area contributed by atoms with Gasteiger partial charge in [0.25, 0.3) is 0 Å². The van der Waals surface area contributed by atoms with Crippen molar-refractivity contribution >= 4 is 22.8 Å². The van der Waals surface area contributed by atoms with Gasteiger partial charge in [0.1, 0.15) is 18.1 Å². The number of phenols is 1. The molecule has 27 heavy (non-hydrogen) atoms. The quantitative estimate of drug-likeness (QED) is 0.280. The van der Waals surface area contributed by atoms with E-state index in [4.69, 9.17) is 14.2 Å². The van der Waals surface area contributed by atoms with E-state index in [0.717, 1.165) is 0 Å². The normalized spacial score (nSPS) is 11.5. The number of hydrogen-bond donors (Lipinski definition) is 3. The number of aromatic hydroxyl groups is 1. The van der Waals surface area contributed by atoms with Crippen LogP contribution in [0.5, 0.6) is 11.5 Å². The van der Waals surface area contributed by atoms with Crippen LogP contribution in [0, 0.1) is 0 Å². The van der Waals surface area contributed by atoms with Crippen molar-refractivity contribution in [3.8, 4) is 11.5 Å². The highest BCUT2D eigenvalue weighted by Crippen LogP contribution is 2.32. The van der Waals surface area contributed by atoms with E-state index in [1.807, 2.05) is 0 Å². The molecule has 0 radical (unpaired) electrons. The third kappa shape index (κ3) is 5.89. The van der Waals surface area contributed by atoms with Gasteiger partial charge in [0.15, 0.2) is 6.61 Å². The molecule has 1 atom stereocenters. The number of aliphatic hydroxyl groups is 1. The van der Waals surface area contributed by atoms with E-state index in [1.54, 1.807) is 24.3 Å². The molecule has 0 aromatic heterocycles. The lowest BCUT2D eigenvalue weighted by Crippen LogP contribution is -2.32. The Bertz CT molecular complexity index is 834. The monoisotopic (exact) mass is 375 g/mol. The van der Waals surface area contributed by atoms with Crippen molar-refractivity contribution in [1.82, 2.24) is 5.32 Å². The lowest BCUT2D eigenvalue weighted by molar-refractivity contribution is -0.138. The second kappa shape index (κ2) is 9.44. The molecule has 8 heteroatoms. The maximum atomic E-state index is 11.5. The van der Waals surface area contributed by atoms with Crippen LogP contribution in [0.25, 0.3) is 10.8 Å². The molecular weight excluding hydrogens is 354 g/mol. The van der Waals surface area contributed by atoms with E-state index in [9.17, 15) is 19.8 Å². The van der Waals surface area contributed by atoms with Crippen LogP contribution < -0.4 is 10.1 Å². The van der Waals surface area contributed by atoms with Gasteiger partial charge < -0.3 is 29.7 Å². The summed E-state index contributed by atoms with van der Waals surface area (Å²) >= 11 is 0. The molecule has 2 rings (SSSR count). The summed E-state index contributed by atoms with van der Waals surface area (Å²) in [7, 11) is 0. The molecule has 0 aliphatic carbocycles. The molecule has 0 saturated carbocycles. The number of phenolic OH excluding ortho intramolecular Hbond substituents is 1. The average Bonchev–Trinajstić information content (AvgIpc) is 2.65. The van der Waals surface area contributed by atoms with Crippen LogP contribution in [0.4, 0.5) is 4.79 Å². The summed E-state index contributed by atoms with van der Waals surface area (Å²) in [6, 6.07) is 9.95. The first kappa shape index (κ1) is 20.1. The van der Waals surface area contributed by atoms with Crippen molar-refractivity contribution in [2.75, 3.05) is 19.8 Å². The number of fused-ring (bicyclic) bond motifs is 1. The van der Waals surface area contributed by atoms with E-state index in [-0.39, 0.29) is 24.5 Å². The Kier molecular flexibility index (Phi) is 7.01. The van der Waals surface area contributed by atoms with Gasteiger partial charge in [-0.2, -0.15) is 0 Å². The minimum atomic E-state index is -1.40. The highest BCUT2D eigenvalue weighted by atomic mass is 16.6. The first-order valence-corrected chi connectivity index (χ1v) is 8.17. The van der Waals surface area contributed by atoms with Crippen molar-refractivity contribution in [3.05, 3.63) is 48.6 Å². The second-order valence-electron chi connectivity index (χ2n) is 5.64. The minimum absolute atomic E-state index is 0.0284. The van der Waals surface area contributed by atoms with Gasteiger partial charge in [0.05, 0.1) is 6.54 Å². The molecule has 2 aromatic rings. The van der Waals surface area contributed by atoms with Gasteiger partial charge in [-0.1, -0.05) is 30.8 Å². The van der Waals surface area contributed by atoms with Gasteiger partial charge in [-0.15, -0.1) is 0 Å². The van der Waals surface area contributed by atoms with Crippen molar-refractivity contribution in [2.24, 2.45) is 0 Å². The number of benzene rings is 2. The van der Waals surface area contributed by atoms with Crippen molar-refractivity contribution in [1.29, 1.82) is 0 Å². The molecule has 0 saturated heterocycles. The van der Waals surface area contributed by atoms with Crippen LogP contribution in [0.1, 0.15) is 6.92 Å². The number of aliphatic hydroxyl groups excluding tert-OH is 1. The van der Waals surface area contributed by atoms with Crippen LogP contribution >= 0.6 is 0 Å². The zero-order valence-electron chi connectivity index (χ0n) is 14.8. The van der Waals surface area contributed by atoms with Gasteiger partial charge in [-0.25, -0.2) is 9.59 Å². The van der Waals surface area contributed by atoms with E-state index in [0.29, 0.717) is 16.5 Å². The minimum Gasteiger partial charge on any atom is -0.507 e. The van der Waals surface area contributed by atoms with Gasteiger partial charge in [0, 0.05) is 16.3 Å². The zero-order chi connectivity index (χ0) is 19.8. The molecule has 2 aromatic carbocycles. The number of nitrogens with one attached hydrogen (secondary N) is 1. The van der Waals surface area contributed by atoms with Crippen LogP contribution in [0.2, 0.25) is 0 Å². The van der Waals surface area contributed by atoms with Crippen molar-refractivity contribution in [2.45, 2.75) is 13.2 Å². The molecule has 1 amide bonds. The second-order valence-corrected chi connectivity index (χ2v) is 5.64. The molecule has 0 heterocycles. The summed E-state index contributed by atoms with van der Waals surface area (Å²) in [4.78, 5) is 22.7. The van der Waals surface area contributed by atoms with E-state index >= 15 is 0 Å². The molecule has 0 aliphatic heterocycles. The summed E-state index contributed by atoms with van der Waals surface area (Å²) in [6.07, 6.45) is -2.19. The van der Waals surface area contributed by atoms with E-state index in [1.165, 1.54) is 19.1 Å². The Morgan fingerprint density at radius 1 is 1.15 bits per heavy atom. The number of ether oxygens (including phenoxy) is 3. The summed E-state index contributed by atoms with van der Waals surface area (Å²) in [6.45, 7) is 4.56. The fraction of sp³-hybridized carbons (Fsp3) is 0.263. The lowest BCUT2D eigenvalue weighted by atomic mass is 10.1. The molecule has 0 bridgehead atoms. The summed E-state index contributed by atoms with van der Waals surface area (Å²) in [5.41, 5.74) is 0.264. The number of rotatable bonds is 8. The zero-order valence-corrected chi connectivity index (χ0v) is 14.8. The summed E-state index contributed by atoms with van der Waals surface area (Å²) in [5, 5.41) is 23.3. The molecular formula is C19H21NO7. The number of carbonyl (C=O) groups is 2. The maximum Gasteiger partial charge on any atom is 0.407 e. The topological polar surface area (TPSA) is 114 Å². The Balaban J connectivity index is 1.77. The summed E-state index contributed by atoms with van der Waals surface area (Å²) < 4.78 is 15.0. The van der Waals surface area contributed by atoms with Gasteiger partial charge in [-0.3, -0.25) is 0 Å². The van der Waals surface area contributed by atoms with Crippen LogP contribution in [-0.2, 0) is 14.3 Å². The number of carbonyl (C=O) groups excluding carboxylic acids is 2. The Hall–Kier alpha value is -3.26. The maximum absolute atomic E-state index is 11.5. The fourth-order valence-corrected chi connectivity index (χ4v) is 2.16. The number of amides is 1. The van der Waals surface area contributed by atoms with Gasteiger partial charge in [0.2, 0.25) is 6.29 Å². The first-order chi connectivity index (χ1) is 12.9. The lowest BCUT2D eigenvalue weighted by Gasteiger charge is -2.16. The molecule has 1 unspecified atom stereocenters. The predicted octanol–water partition coefficient (Wildman–Crippen LogP) is 2.09. The van der Waals surface area contributed by atoms with Crippen LogP contribution in [0.3, 0.4) is 0 Å². The molecule has 0 fully saturated rings. The summed E-state index contributed by atoms with van der Waals surface area (Å²) in [5.74, 6) is -0.114. The molecule has 8 nitrogen and oxygen atoms in total. The molecule has 144 valence electrons. The molecule has 3 N–H and O–H groups in total. The third-order valence-electron chi connectivity index (χ3n) is 3.43. The number of esters is 1.